The molecule has 0 heterocycles. The Kier molecular flexibility index (Phi) is 4.75. The lowest BCUT2D eigenvalue weighted by molar-refractivity contribution is -0.138. The van der Waals surface area contributed by atoms with Gasteiger partial charge in [0.15, 0.2) is 0 Å². The minimum Gasteiger partial charge on any atom is -0.482 e. The van der Waals surface area contributed by atoms with Crippen molar-refractivity contribution < 1.29 is 18.4 Å². The summed E-state index contributed by atoms with van der Waals surface area (Å²) < 4.78 is 10.6. The highest BCUT2D eigenvalue weighted by Gasteiger charge is 2.41. The van der Waals surface area contributed by atoms with Gasteiger partial charge in [-0.25, -0.2) is 0 Å². The van der Waals surface area contributed by atoms with Crippen molar-refractivity contribution >= 4 is 25.7 Å². The molecule has 0 aliphatic carbocycles. The molecule has 0 atom stereocenters. The minimum absolute atomic E-state index is 0.0410. The lowest BCUT2D eigenvalue weighted by Gasteiger charge is -2.26. The Morgan fingerprint density at radius 3 is 1.65 bits per heavy atom. The first kappa shape index (κ1) is 16.4. The van der Waals surface area contributed by atoms with Crippen LogP contribution in [0.5, 0.6) is 0 Å². The number of hydrogen-bond acceptors (Lipinski definition) is 4. The van der Waals surface area contributed by atoms with Gasteiger partial charge >= 0.3 is 8.56 Å². The van der Waals surface area contributed by atoms with Gasteiger partial charge in [-0.2, -0.15) is 0 Å². The summed E-state index contributed by atoms with van der Waals surface area (Å²) in [4.78, 5) is 22.5. The molecule has 0 saturated heterocycles. The summed E-state index contributed by atoms with van der Waals surface area (Å²) in [6.07, 6.45) is 0. The van der Waals surface area contributed by atoms with E-state index in [1.165, 1.54) is 19.4 Å². The van der Waals surface area contributed by atoms with Gasteiger partial charge in [-0.1, -0.05) is 45.0 Å². The number of carbonyl (C=O) groups is 2. The molecule has 5 heteroatoms. The normalized spacial score (nSPS) is 11.9. The van der Waals surface area contributed by atoms with Gasteiger partial charge in [-0.3, -0.25) is 9.59 Å². The van der Waals surface area contributed by atoms with Crippen LogP contribution in [0.25, 0.3) is 0 Å². The third-order valence-corrected chi connectivity index (χ3v) is 5.69. The van der Waals surface area contributed by atoms with Crippen molar-refractivity contribution in [2.45, 2.75) is 46.6 Å². The maximum absolute atomic E-state index is 11.3. The standard InChI is InChI=1S/C15H22O4Si/c1-11(16)18-20(6,19-12(2)17)14-9-7-13(8-10-14)15(3,4)5/h7-10H,1-6H3. The summed E-state index contributed by atoms with van der Waals surface area (Å²) in [6, 6.07) is 7.71. The van der Waals surface area contributed by atoms with E-state index in [2.05, 4.69) is 20.8 Å². The summed E-state index contributed by atoms with van der Waals surface area (Å²) in [5.74, 6) is -0.888. The summed E-state index contributed by atoms with van der Waals surface area (Å²) >= 11 is 0. The SMILES string of the molecule is CC(=O)O[Si](C)(OC(C)=O)c1ccc(C(C)(C)C)cc1. The van der Waals surface area contributed by atoms with E-state index in [4.69, 9.17) is 8.85 Å². The Morgan fingerprint density at radius 2 is 1.35 bits per heavy atom. The van der Waals surface area contributed by atoms with Gasteiger partial charge in [-0.15, -0.1) is 0 Å². The van der Waals surface area contributed by atoms with E-state index in [9.17, 15) is 9.59 Å². The molecule has 0 bridgehead atoms. The molecule has 0 aliphatic rings. The highest BCUT2D eigenvalue weighted by Crippen LogP contribution is 2.21. The zero-order valence-electron chi connectivity index (χ0n) is 12.9. The van der Waals surface area contributed by atoms with Crippen molar-refractivity contribution in [3.05, 3.63) is 29.8 Å². The van der Waals surface area contributed by atoms with Crippen LogP contribution in [0.3, 0.4) is 0 Å². The topological polar surface area (TPSA) is 52.6 Å². The molecule has 4 nitrogen and oxygen atoms in total. The van der Waals surface area contributed by atoms with Crippen LogP contribution in [-0.4, -0.2) is 20.5 Å². The van der Waals surface area contributed by atoms with Crippen molar-refractivity contribution in [3.8, 4) is 0 Å². The predicted octanol–water partition coefficient (Wildman–Crippen LogP) is 2.39. The van der Waals surface area contributed by atoms with E-state index in [-0.39, 0.29) is 5.41 Å². The molecule has 110 valence electrons. The van der Waals surface area contributed by atoms with Crippen LogP contribution < -0.4 is 5.19 Å². The lowest BCUT2D eigenvalue weighted by Crippen LogP contribution is -2.53. The van der Waals surface area contributed by atoms with Crippen molar-refractivity contribution in [1.29, 1.82) is 0 Å². The smallest absolute Gasteiger partial charge is 0.482 e. The van der Waals surface area contributed by atoms with E-state index in [1.807, 2.05) is 24.3 Å². The molecular formula is C15H22O4Si. The molecule has 0 aliphatic heterocycles. The molecule has 0 aromatic heterocycles. The fraction of sp³-hybridized carbons (Fsp3) is 0.467. The fourth-order valence-corrected chi connectivity index (χ4v) is 4.11. The molecule has 1 rings (SSSR count). The molecule has 1 aromatic carbocycles. The first-order valence-electron chi connectivity index (χ1n) is 6.55. The first-order valence-corrected chi connectivity index (χ1v) is 8.86. The molecule has 0 unspecified atom stereocenters. The van der Waals surface area contributed by atoms with Gasteiger partial charge < -0.3 is 8.85 Å². The van der Waals surface area contributed by atoms with Gasteiger partial charge in [0.25, 0.3) is 11.9 Å². The van der Waals surface area contributed by atoms with E-state index >= 15 is 0 Å². The highest BCUT2D eigenvalue weighted by molar-refractivity contribution is 6.82. The summed E-state index contributed by atoms with van der Waals surface area (Å²) in [5, 5.41) is 0.760. The van der Waals surface area contributed by atoms with E-state index in [1.54, 1.807) is 6.55 Å². The van der Waals surface area contributed by atoms with Gasteiger partial charge in [-0.05, 0) is 11.0 Å². The number of benzene rings is 1. The van der Waals surface area contributed by atoms with Crippen LogP contribution >= 0.6 is 0 Å². The van der Waals surface area contributed by atoms with E-state index < -0.39 is 20.5 Å². The molecule has 0 spiro atoms. The predicted molar refractivity (Wildman–Crippen MR) is 79.9 cm³/mol. The van der Waals surface area contributed by atoms with Gasteiger partial charge in [0.2, 0.25) is 0 Å². The van der Waals surface area contributed by atoms with Crippen molar-refractivity contribution in [1.82, 2.24) is 0 Å². The third-order valence-electron chi connectivity index (χ3n) is 2.95. The molecule has 0 radical (unpaired) electrons. The largest absolute Gasteiger partial charge is 0.496 e. The number of hydrogen-bond donors (Lipinski definition) is 0. The van der Waals surface area contributed by atoms with Crippen molar-refractivity contribution in [2.75, 3.05) is 0 Å². The Morgan fingerprint density at radius 1 is 0.950 bits per heavy atom. The van der Waals surface area contributed by atoms with Gasteiger partial charge in [0, 0.05) is 25.6 Å². The fourth-order valence-electron chi connectivity index (χ4n) is 1.96. The Bertz CT molecular complexity index is 484. The second kappa shape index (κ2) is 5.79. The molecule has 1 aromatic rings. The molecule has 0 fully saturated rings. The Labute approximate surface area is 121 Å². The van der Waals surface area contributed by atoms with E-state index in [0.717, 1.165) is 5.19 Å². The first-order chi connectivity index (χ1) is 9.04. The number of carbonyl (C=O) groups excluding carboxylic acids is 2. The van der Waals surface area contributed by atoms with Crippen molar-refractivity contribution in [3.63, 3.8) is 0 Å². The second-order valence-corrected chi connectivity index (χ2v) is 8.84. The average Bonchev–Trinajstić information content (AvgIpc) is 2.25. The van der Waals surface area contributed by atoms with Crippen LogP contribution in [0.15, 0.2) is 24.3 Å². The zero-order valence-corrected chi connectivity index (χ0v) is 13.9. The lowest BCUT2D eigenvalue weighted by atomic mass is 9.87. The third kappa shape index (κ3) is 4.20. The van der Waals surface area contributed by atoms with Crippen molar-refractivity contribution in [2.24, 2.45) is 0 Å². The maximum atomic E-state index is 11.3. The highest BCUT2D eigenvalue weighted by atomic mass is 28.4. The number of rotatable bonds is 3. The van der Waals surface area contributed by atoms with Crippen LogP contribution in [0, 0.1) is 0 Å². The zero-order chi connectivity index (χ0) is 15.6. The molecule has 20 heavy (non-hydrogen) atoms. The molecule has 0 saturated carbocycles. The summed E-state index contributed by atoms with van der Waals surface area (Å²) in [7, 11) is -3.03. The summed E-state index contributed by atoms with van der Waals surface area (Å²) in [5.41, 5.74) is 1.21. The van der Waals surface area contributed by atoms with Crippen LogP contribution in [0.4, 0.5) is 0 Å². The molecule has 0 amide bonds. The maximum Gasteiger partial charge on any atom is 0.496 e. The monoisotopic (exact) mass is 294 g/mol. The Hall–Kier alpha value is -1.62. The van der Waals surface area contributed by atoms with Crippen LogP contribution in [0.1, 0.15) is 40.2 Å². The molecule has 0 N–H and O–H groups in total. The van der Waals surface area contributed by atoms with Gasteiger partial charge in [0.05, 0.1) is 0 Å². The van der Waals surface area contributed by atoms with E-state index in [0.29, 0.717) is 0 Å². The average molecular weight is 294 g/mol. The Balaban J connectivity index is 3.15. The van der Waals surface area contributed by atoms with Crippen LogP contribution in [0.2, 0.25) is 6.55 Å². The second-order valence-electron chi connectivity index (χ2n) is 5.96. The van der Waals surface area contributed by atoms with Gasteiger partial charge in [0.1, 0.15) is 0 Å². The quantitative estimate of drug-likeness (QED) is 0.803. The van der Waals surface area contributed by atoms with Crippen LogP contribution in [-0.2, 0) is 23.9 Å². The molecular weight excluding hydrogens is 272 g/mol. The summed E-state index contributed by atoms with van der Waals surface area (Å²) in [6.45, 7) is 10.7. The minimum atomic E-state index is -3.03.